The van der Waals surface area contributed by atoms with Crippen molar-refractivity contribution in [3.63, 3.8) is 0 Å². The highest BCUT2D eigenvalue weighted by Crippen LogP contribution is 2.35. The van der Waals surface area contributed by atoms with E-state index in [4.69, 9.17) is 16.1 Å². The maximum Gasteiger partial charge on any atom is 0.268 e. The molecule has 144 valence electrons. The van der Waals surface area contributed by atoms with Gasteiger partial charge in [-0.1, -0.05) is 28.9 Å². The van der Waals surface area contributed by atoms with E-state index < -0.39 is 0 Å². The zero-order valence-corrected chi connectivity index (χ0v) is 17.5. The third-order valence-corrected chi connectivity index (χ3v) is 5.39. The fraction of sp³-hybridized carbons (Fsp3) is 0.278. The molecule has 0 aliphatic heterocycles. The van der Waals surface area contributed by atoms with Crippen LogP contribution in [-0.2, 0) is 6.42 Å². The maximum absolute atomic E-state index is 12.4. The van der Waals surface area contributed by atoms with Crippen LogP contribution in [0.5, 0.6) is 0 Å². The van der Waals surface area contributed by atoms with Gasteiger partial charge in [-0.15, -0.1) is 23.7 Å². The number of carbonyl (C=O) groups excluding carboxylic acids is 1. The Morgan fingerprint density at radius 3 is 2.81 bits per heavy atom. The molecule has 6 nitrogen and oxygen atoms in total. The Morgan fingerprint density at radius 1 is 1.37 bits per heavy atom. The number of nitrogens with zero attached hydrogens (tertiary/aromatic N) is 2. The molecule has 0 saturated carbocycles. The first-order valence-electron chi connectivity index (χ1n) is 8.14. The summed E-state index contributed by atoms with van der Waals surface area (Å²) in [6.45, 7) is 3.99. The normalized spacial score (nSPS) is 11.7. The quantitative estimate of drug-likeness (QED) is 0.602. The molecule has 0 fully saturated rings. The van der Waals surface area contributed by atoms with E-state index in [9.17, 15) is 4.79 Å². The average Bonchev–Trinajstić information content (AvgIpc) is 3.21. The summed E-state index contributed by atoms with van der Waals surface area (Å²) < 4.78 is 5.39. The van der Waals surface area contributed by atoms with E-state index in [1.807, 2.05) is 20.0 Å². The van der Waals surface area contributed by atoms with Gasteiger partial charge in [0.1, 0.15) is 0 Å². The highest BCUT2D eigenvalue weighted by Gasteiger charge is 2.18. The van der Waals surface area contributed by atoms with Crippen LogP contribution >= 0.6 is 35.3 Å². The van der Waals surface area contributed by atoms with Crippen molar-refractivity contribution < 1.29 is 9.32 Å². The highest BCUT2D eigenvalue weighted by atomic mass is 35.5. The lowest BCUT2D eigenvalue weighted by atomic mass is 10.2. The molecule has 1 unspecified atom stereocenters. The molecule has 0 radical (unpaired) electrons. The fourth-order valence-electron chi connectivity index (χ4n) is 2.39. The molecule has 0 aliphatic rings. The number of aromatic nitrogens is 2. The van der Waals surface area contributed by atoms with Gasteiger partial charge in [-0.3, -0.25) is 4.79 Å². The Morgan fingerprint density at radius 2 is 2.11 bits per heavy atom. The standard InChI is InChI=1S/C18H19ClN4O2S.ClH/c1-10-8-15(22-17(24)12-6-4-5-7-13(12)19)26-16(10)18-21-14(23-25-18)9-11(2)20-3;/h4-8,11,20H,9H2,1-3H3,(H,22,24);1H. The first-order valence-corrected chi connectivity index (χ1v) is 9.34. The van der Waals surface area contributed by atoms with Crippen LogP contribution in [0.15, 0.2) is 34.9 Å². The van der Waals surface area contributed by atoms with E-state index in [1.54, 1.807) is 24.3 Å². The topological polar surface area (TPSA) is 80.0 Å². The third-order valence-electron chi connectivity index (χ3n) is 3.92. The van der Waals surface area contributed by atoms with Crippen LogP contribution in [0.1, 0.15) is 28.7 Å². The van der Waals surface area contributed by atoms with Gasteiger partial charge in [0, 0.05) is 12.5 Å². The van der Waals surface area contributed by atoms with Gasteiger partial charge in [0.2, 0.25) is 0 Å². The van der Waals surface area contributed by atoms with E-state index in [1.165, 1.54) is 11.3 Å². The van der Waals surface area contributed by atoms with Gasteiger partial charge in [0.05, 0.1) is 20.5 Å². The van der Waals surface area contributed by atoms with Crippen molar-refractivity contribution in [2.24, 2.45) is 0 Å². The van der Waals surface area contributed by atoms with Crippen LogP contribution in [0.2, 0.25) is 5.02 Å². The predicted octanol–water partition coefficient (Wildman–Crippen LogP) is 4.58. The van der Waals surface area contributed by atoms with Crippen molar-refractivity contribution >= 4 is 46.3 Å². The Labute approximate surface area is 172 Å². The minimum atomic E-state index is -0.252. The van der Waals surface area contributed by atoms with Crippen molar-refractivity contribution in [3.05, 3.63) is 52.3 Å². The van der Waals surface area contributed by atoms with Gasteiger partial charge in [0.15, 0.2) is 5.82 Å². The summed E-state index contributed by atoms with van der Waals surface area (Å²) in [4.78, 5) is 17.7. The largest absolute Gasteiger partial charge is 0.333 e. The van der Waals surface area contributed by atoms with Crippen molar-refractivity contribution in [3.8, 4) is 10.8 Å². The van der Waals surface area contributed by atoms with E-state index >= 15 is 0 Å². The molecular formula is C18H20Cl2N4O2S. The molecule has 1 atom stereocenters. The number of likely N-dealkylation sites (N-methyl/N-ethyl adjacent to an activating group) is 1. The lowest BCUT2D eigenvalue weighted by Crippen LogP contribution is -2.24. The zero-order chi connectivity index (χ0) is 18.7. The summed E-state index contributed by atoms with van der Waals surface area (Å²) in [6.07, 6.45) is 0.681. The Hall–Kier alpha value is -1.93. The molecule has 2 N–H and O–H groups in total. The van der Waals surface area contributed by atoms with Gasteiger partial charge in [-0.05, 0) is 44.7 Å². The molecular weight excluding hydrogens is 407 g/mol. The number of amides is 1. The summed E-state index contributed by atoms with van der Waals surface area (Å²) in [5.74, 6) is 0.859. The van der Waals surface area contributed by atoms with Crippen LogP contribution in [0.4, 0.5) is 5.00 Å². The van der Waals surface area contributed by atoms with E-state index in [0.29, 0.717) is 33.7 Å². The summed E-state index contributed by atoms with van der Waals surface area (Å²) in [5, 5.41) is 11.2. The SMILES string of the molecule is CNC(C)Cc1noc(-c2sc(NC(=O)c3ccccc3Cl)cc2C)n1.Cl. The van der Waals surface area contributed by atoms with Gasteiger partial charge >= 0.3 is 0 Å². The maximum atomic E-state index is 12.4. The van der Waals surface area contributed by atoms with Crippen LogP contribution in [0, 0.1) is 6.92 Å². The third kappa shape index (κ3) is 5.07. The number of benzene rings is 1. The molecule has 0 spiro atoms. The highest BCUT2D eigenvalue weighted by molar-refractivity contribution is 7.19. The number of nitrogens with one attached hydrogen (secondary N) is 2. The van der Waals surface area contributed by atoms with Crippen molar-refractivity contribution in [2.45, 2.75) is 26.3 Å². The van der Waals surface area contributed by atoms with Crippen LogP contribution in [-0.4, -0.2) is 29.1 Å². The van der Waals surface area contributed by atoms with Crippen LogP contribution in [0.3, 0.4) is 0 Å². The second kappa shape index (κ2) is 9.32. The molecule has 27 heavy (non-hydrogen) atoms. The predicted molar refractivity (Wildman–Crippen MR) is 111 cm³/mol. The first kappa shape index (κ1) is 21.4. The first-order chi connectivity index (χ1) is 12.5. The summed E-state index contributed by atoms with van der Waals surface area (Å²) >= 11 is 7.47. The van der Waals surface area contributed by atoms with Gasteiger partial charge in [-0.25, -0.2) is 0 Å². The molecule has 0 bridgehead atoms. The van der Waals surface area contributed by atoms with Crippen molar-refractivity contribution in [2.75, 3.05) is 12.4 Å². The molecule has 9 heteroatoms. The molecule has 1 aromatic carbocycles. The van der Waals surface area contributed by atoms with Crippen molar-refractivity contribution in [1.82, 2.24) is 15.5 Å². The second-order valence-electron chi connectivity index (χ2n) is 5.97. The summed E-state index contributed by atoms with van der Waals surface area (Å²) in [6, 6.07) is 9.08. The minimum absolute atomic E-state index is 0. The second-order valence-corrected chi connectivity index (χ2v) is 7.43. The van der Waals surface area contributed by atoms with Crippen molar-refractivity contribution in [1.29, 1.82) is 0 Å². The summed E-state index contributed by atoms with van der Waals surface area (Å²) in [7, 11) is 1.89. The summed E-state index contributed by atoms with van der Waals surface area (Å²) in [5.41, 5.74) is 1.39. The number of hydrogen-bond acceptors (Lipinski definition) is 6. The number of carbonyl (C=O) groups is 1. The molecule has 0 aliphatic carbocycles. The van der Waals surface area contributed by atoms with Gasteiger partial charge in [0.25, 0.3) is 11.8 Å². The Balaban J connectivity index is 0.00000261. The fourth-order valence-corrected chi connectivity index (χ4v) is 3.60. The van der Waals surface area contributed by atoms with E-state index in [-0.39, 0.29) is 24.4 Å². The van der Waals surface area contributed by atoms with Gasteiger partial charge < -0.3 is 15.2 Å². The molecule has 1 amide bonds. The number of rotatable bonds is 6. The van der Waals surface area contributed by atoms with E-state index in [2.05, 4.69) is 27.7 Å². The zero-order valence-electron chi connectivity index (χ0n) is 15.1. The molecule has 3 aromatic rings. The number of halogens is 2. The van der Waals surface area contributed by atoms with Crippen LogP contribution in [0.25, 0.3) is 10.8 Å². The number of anilines is 1. The average molecular weight is 427 g/mol. The lowest BCUT2D eigenvalue weighted by Gasteiger charge is -2.04. The van der Waals surface area contributed by atoms with Crippen LogP contribution < -0.4 is 10.6 Å². The Bertz CT molecular complexity index is 926. The van der Waals surface area contributed by atoms with Gasteiger partial charge in [-0.2, -0.15) is 4.98 Å². The number of thiophene rings is 1. The molecule has 3 rings (SSSR count). The van der Waals surface area contributed by atoms with E-state index in [0.717, 1.165) is 10.4 Å². The Kier molecular flexibility index (Phi) is 7.38. The molecule has 2 heterocycles. The number of aryl methyl sites for hydroxylation is 1. The smallest absolute Gasteiger partial charge is 0.268 e. The monoisotopic (exact) mass is 426 g/mol. The number of hydrogen-bond donors (Lipinski definition) is 2. The minimum Gasteiger partial charge on any atom is -0.333 e. The molecule has 0 saturated heterocycles. The molecule has 2 aromatic heterocycles. The lowest BCUT2D eigenvalue weighted by molar-refractivity contribution is 0.102.